The van der Waals surface area contributed by atoms with E-state index in [1.165, 1.54) is 0 Å². The van der Waals surface area contributed by atoms with Crippen LogP contribution in [0.3, 0.4) is 0 Å². The van der Waals surface area contributed by atoms with Gasteiger partial charge in [0.2, 0.25) is 5.91 Å². The Bertz CT molecular complexity index is 811. The molecule has 2 aromatic carbocycles. The van der Waals surface area contributed by atoms with Gasteiger partial charge in [0.1, 0.15) is 0 Å². The number of carbonyl (C=O) groups excluding carboxylic acids is 1. The predicted octanol–water partition coefficient (Wildman–Crippen LogP) is 5.25. The van der Waals surface area contributed by atoms with E-state index >= 15 is 0 Å². The zero-order valence-electron chi connectivity index (χ0n) is 17.1. The van der Waals surface area contributed by atoms with Gasteiger partial charge < -0.3 is 24.3 Å². The molecule has 0 unspecified atom stereocenters. The van der Waals surface area contributed by atoms with E-state index in [-0.39, 0.29) is 5.91 Å². The second kappa shape index (κ2) is 10.7. The van der Waals surface area contributed by atoms with Crippen LogP contribution in [0.1, 0.15) is 36.9 Å². The van der Waals surface area contributed by atoms with Gasteiger partial charge in [0.05, 0.1) is 34.5 Å². The minimum Gasteiger partial charge on any atom is -0.493 e. The highest BCUT2D eigenvalue weighted by molar-refractivity contribution is 9.10. The smallest absolute Gasteiger partial charge is 0.220 e. The van der Waals surface area contributed by atoms with Crippen LogP contribution in [0.2, 0.25) is 0 Å². The van der Waals surface area contributed by atoms with Crippen molar-refractivity contribution in [2.75, 3.05) is 28.4 Å². The van der Waals surface area contributed by atoms with E-state index < -0.39 is 6.04 Å². The Morgan fingerprint density at radius 2 is 1.21 bits per heavy atom. The summed E-state index contributed by atoms with van der Waals surface area (Å²) in [6, 6.07) is 6.88. The molecule has 0 saturated heterocycles. The number of hydrogen-bond acceptors (Lipinski definition) is 5. The van der Waals surface area contributed by atoms with Gasteiger partial charge in [0, 0.05) is 15.4 Å². The molecular formula is C21H25Br2NO5. The standard InChI is InChI=1S/C21H25Br2NO5/c1-6-7-20(25)24-21(12-8-16(26-2)18(28-4)10-14(12)22)13-9-17(27-3)19(29-5)11-15(13)23/h8-11,21H,6-7H2,1-5H3,(H,24,25). The summed E-state index contributed by atoms with van der Waals surface area (Å²) in [6.45, 7) is 1.97. The van der Waals surface area contributed by atoms with Crippen LogP contribution in [0.25, 0.3) is 0 Å². The molecule has 2 aromatic rings. The molecule has 0 fully saturated rings. The van der Waals surface area contributed by atoms with E-state index in [1.54, 1.807) is 28.4 Å². The predicted molar refractivity (Wildman–Crippen MR) is 119 cm³/mol. The molecule has 158 valence electrons. The van der Waals surface area contributed by atoms with Crippen molar-refractivity contribution in [3.8, 4) is 23.0 Å². The van der Waals surface area contributed by atoms with Crippen molar-refractivity contribution in [2.24, 2.45) is 0 Å². The van der Waals surface area contributed by atoms with Gasteiger partial charge in [-0.25, -0.2) is 0 Å². The van der Waals surface area contributed by atoms with Crippen LogP contribution in [0, 0.1) is 0 Å². The zero-order valence-corrected chi connectivity index (χ0v) is 20.3. The second-order valence-corrected chi connectivity index (χ2v) is 7.92. The van der Waals surface area contributed by atoms with Crippen LogP contribution >= 0.6 is 31.9 Å². The molecule has 0 aromatic heterocycles. The normalized spacial score (nSPS) is 10.6. The lowest BCUT2D eigenvalue weighted by Gasteiger charge is -2.24. The number of halogens is 2. The minimum atomic E-state index is -0.461. The number of benzene rings is 2. The summed E-state index contributed by atoms with van der Waals surface area (Å²) in [5.74, 6) is 2.26. The molecule has 1 amide bonds. The summed E-state index contributed by atoms with van der Waals surface area (Å²) in [6.07, 6.45) is 1.17. The minimum absolute atomic E-state index is 0.0548. The molecule has 0 atom stereocenters. The average molecular weight is 531 g/mol. The monoisotopic (exact) mass is 529 g/mol. The average Bonchev–Trinajstić information content (AvgIpc) is 2.72. The Morgan fingerprint density at radius 3 is 1.55 bits per heavy atom. The van der Waals surface area contributed by atoms with E-state index in [2.05, 4.69) is 37.2 Å². The molecule has 6 nitrogen and oxygen atoms in total. The van der Waals surface area contributed by atoms with Crippen molar-refractivity contribution < 1.29 is 23.7 Å². The Labute approximate surface area is 188 Å². The molecule has 0 aliphatic rings. The van der Waals surface area contributed by atoms with Gasteiger partial charge in [0.15, 0.2) is 23.0 Å². The van der Waals surface area contributed by atoms with Gasteiger partial charge in [-0.3, -0.25) is 4.79 Å². The number of carbonyl (C=O) groups is 1. The fraction of sp³-hybridized carbons (Fsp3) is 0.381. The van der Waals surface area contributed by atoms with E-state index in [4.69, 9.17) is 18.9 Å². The topological polar surface area (TPSA) is 66.0 Å². The lowest BCUT2D eigenvalue weighted by Crippen LogP contribution is -2.29. The van der Waals surface area contributed by atoms with Crippen molar-refractivity contribution in [1.82, 2.24) is 5.32 Å². The Hall–Kier alpha value is -1.93. The van der Waals surface area contributed by atoms with Crippen molar-refractivity contribution >= 4 is 37.8 Å². The number of hydrogen-bond donors (Lipinski definition) is 1. The molecule has 8 heteroatoms. The van der Waals surface area contributed by atoms with Crippen LogP contribution in [-0.4, -0.2) is 34.3 Å². The van der Waals surface area contributed by atoms with Crippen molar-refractivity contribution in [2.45, 2.75) is 25.8 Å². The quantitative estimate of drug-likeness (QED) is 0.479. The third-order valence-corrected chi connectivity index (χ3v) is 5.78. The highest BCUT2D eigenvalue weighted by Crippen LogP contribution is 2.42. The van der Waals surface area contributed by atoms with Gasteiger partial charge in [-0.1, -0.05) is 38.8 Å². The van der Waals surface area contributed by atoms with E-state index in [0.717, 1.165) is 26.5 Å². The van der Waals surface area contributed by atoms with Crippen LogP contribution in [0.15, 0.2) is 33.2 Å². The molecule has 0 bridgehead atoms. The van der Waals surface area contributed by atoms with E-state index in [0.29, 0.717) is 29.4 Å². The van der Waals surface area contributed by atoms with Gasteiger partial charge in [0.25, 0.3) is 0 Å². The Kier molecular flexibility index (Phi) is 8.64. The van der Waals surface area contributed by atoms with Gasteiger partial charge >= 0.3 is 0 Å². The highest BCUT2D eigenvalue weighted by Gasteiger charge is 2.25. The molecule has 0 heterocycles. The number of ether oxygens (including phenoxy) is 4. The van der Waals surface area contributed by atoms with Crippen molar-refractivity contribution in [3.63, 3.8) is 0 Å². The van der Waals surface area contributed by atoms with Crippen LogP contribution in [0.5, 0.6) is 23.0 Å². The van der Waals surface area contributed by atoms with Crippen LogP contribution in [0.4, 0.5) is 0 Å². The fourth-order valence-electron chi connectivity index (χ4n) is 2.97. The van der Waals surface area contributed by atoms with Crippen molar-refractivity contribution in [3.05, 3.63) is 44.3 Å². The third-order valence-electron chi connectivity index (χ3n) is 4.41. The third kappa shape index (κ3) is 5.36. The van der Waals surface area contributed by atoms with Crippen LogP contribution in [-0.2, 0) is 4.79 Å². The summed E-state index contributed by atoms with van der Waals surface area (Å²) in [5, 5.41) is 3.12. The molecule has 0 spiro atoms. The summed E-state index contributed by atoms with van der Waals surface area (Å²) in [4.78, 5) is 12.5. The van der Waals surface area contributed by atoms with Gasteiger partial charge in [-0.15, -0.1) is 0 Å². The maximum atomic E-state index is 12.5. The largest absolute Gasteiger partial charge is 0.493 e. The van der Waals surface area contributed by atoms with E-state index in [1.807, 2.05) is 31.2 Å². The van der Waals surface area contributed by atoms with Crippen molar-refractivity contribution in [1.29, 1.82) is 0 Å². The molecule has 1 N–H and O–H groups in total. The van der Waals surface area contributed by atoms with Gasteiger partial charge in [-0.2, -0.15) is 0 Å². The molecule has 0 aliphatic carbocycles. The molecule has 0 saturated carbocycles. The molecule has 0 radical (unpaired) electrons. The van der Waals surface area contributed by atoms with E-state index in [9.17, 15) is 4.79 Å². The summed E-state index contributed by atoms with van der Waals surface area (Å²) in [7, 11) is 6.31. The Morgan fingerprint density at radius 1 is 0.828 bits per heavy atom. The summed E-state index contributed by atoms with van der Waals surface area (Å²) in [5.41, 5.74) is 1.64. The highest BCUT2D eigenvalue weighted by atomic mass is 79.9. The molecular weight excluding hydrogens is 506 g/mol. The molecule has 0 aliphatic heterocycles. The molecule has 2 rings (SSSR count). The summed E-state index contributed by atoms with van der Waals surface area (Å²) >= 11 is 7.22. The number of amides is 1. The number of methoxy groups -OCH3 is 4. The maximum absolute atomic E-state index is 12.5. The lowest BCUT2D eigenvalue weighted by atomic mass is 9.97. The fourth-order valence-corrected chi connectivity index (χ4v) is 4.07. The number of nitrogens with one attached hydrogen (secondary N) is 1. The SMILES string of the molecule is CCCC(=O)NC(c1cc(OC)c(OC)cc1Br)c1cc(OC)c(OC)cc1Br. The lowest BCUT2D eigenvalue weighted by molar-refractivity contribution is -0.121. The Balaban J connectivity index is 2.67. The maximum Gasteiger partial charge on any atom is 0.220 e. The zero-order chi connectivity index (χ0) is 21.6. The second-order valence-electron chi connectivity index (χ2n) is 6.21. The number of rotatable bonds is 9. The first-order valence-electron chi connectivity index (χ1n) is 9.02. The summed E-state index contributed by atoms with van der Waals surface area (Å²) < 4.78 is 23.2. The van der Waals surface area contributed by atoms with Crippen LogP contribution < -0.4 is 24.3 Å². The van der Waals surface area contributed by atoms with Gasteiger partial charge in [-0.05, 0) is 41.8 Å². The first-order valence-corrected chi connectivity index (χ1v) is 10.6. The molecule has 29 heavy (non-hydrogen) atoms. The first kappa shape index (κ1) is 23.3. The first-order chi connectivity index (χ1) is 13.9.